The Kier molecular flexibility index (Phi) is 4.67. The molecule has 1 saturated carbocycles. The van der Waals surface area contributed by atoms with Crippen LogP contribution in [-0.4, -0.2) is 32.4 Å². The Morgan fingerprint density at radius 3 is 2.65 bits per heavy atom. The van der Waals surface area contributed by atoms with E-state index < -0.39 is 0 Å². The summed E-state index contributed by atoms with van der Waals surface area (Å²) in [6.07, 6.45) is 2.37. The maximum atomic E-state index is 12.5. The van der Waals surface area contributed by atoms with Gasteiger partial charge < -0.3 is 24.4 Å². The Bertz CT molecular complexity index is 787. The Labute approximate surface area is 152 Å². The second-order valence-electron chi connectivity index (χ2n) is 6.75. The van der Waals surface area contributed by atoms with Gasteiger partial charge in [-0.25, -0.2) is 0 Å². The van der Waals surface area contributed by atoms with Gasteiger partial charge in [-0.2, -0.15) is 0 Å². The number of anilines is 1. The highest BCUT2D eigenvalue weighted by atomic mass is 16.7. The number of hydrogen-bond acceptors (Lipinski definition) is 4. The lowest BCUT2D eigenvalue weighted by molar-refractivity contribution is -0.916. The average molecular weight is 355 g/mol. The van der Waals surface area contributed by atoms with E-state index in [-0.39, 0.29) is 12.7 Å². The van der Waals surface area contributed by atoms with E-state index in [0.29, 0.717) is 24.1 Å². The molecule has 1 aliphatic carbocycles. The first-order valence-corrected chi connectivity index (χ1v) is 8.88. The molecule has 1 aliphatic heterocycles. The third-order valence-electron chi connectivity index (χ3n) is 4.79. The molecule has 0 spiro atoms. The normalized spacial score (nSPS) is 16.2. The van der Waals surface area contributed by atoms with Gasteiger partial charge in [-0.15, -0.1) is 0 Å². The maximum absolute atomic E-state index is 12.5. The van der Waals surface area contributed by atoms with Crippen LogP contribution in [0.5, 0.6) is 17.2 Å². The summed E-state index contributed by atoms with van der Waals surface area (Å²) in [5, 5.41) is 2.97. The lowest BCUT2D eigenvalue weighted by atomic mass is 10.2. The Balaban J connectivity index is 1.37. The quantitative estimate of drug-likeness (QED) is 0.792. The van der Waals surface area contributed by atoms with Gasteiger partial charge in [-0.3, -0.25) is 4.79 Å². The molecule has 2 aromatic carbocycles. The van der Waals surface area contributed by atoms with Crippen molar-refractivity contribution in [1.29, 1.82) is 0 Å². The number of carbonyl (C=O) groups excluding carboxylic acids is 1. The summed E-state index contributed by atoms with van der Waals surface area (Å²) in [5.74, 6) is 2.25. The molecule has 2 aromatic rings. The summed E-state index contributed by atoms with van der Waals surface area (Å²) in [5.41, 5.74) is 1.95. The molecule has 4 rings (SSSR count). The summed E-state index contributed by atoms with van der Waals surface area (Å²) >= 11 is 0. The van der Waals surface area contributed by atoms with Crippen LogP contribution in [0.3, 0.4) is 0 Å². The summed E-state index contributed by atoms with van der Waals surface area (Å²) < 4.78 is 15.9. The predicted octanol–water partition coefficient (Wildman–Crippen LogP) is 1.61. The van der Waals surface area contributed by atoms with Crippen LogP contribution in [0, 0.1) is 0 Å². The zero-order valence-corrected chi connectivity index (χ0v) is 14.8. The van der Waals surface area contributed by atoms with Gasteiger partial charge >= 0.3 is 0 Å². The number of hydrogen-bond donors (Lipinski definition) is 2. The van der Waals surface area contributed by atoms with Gasteiger partial charge in [0.1, 0.15) is 12.3 Å². The van der Waals surface area contributed by atoms with Crippen molar-refractivity contribution in [3.8, 4) is 17.2 Å². The lowest BCUT2D eigenvalue weighted by Crippen LogP contribution is -3.13. The largest absolute Gasteiger partial charge is 0.497 e. The van der Waals surface area contributed by atoms with Crippen LogP contribution in [0.25, 0.3) is 0 Å². The number of amides is 1. The van der Waals surface area contributed by atoms with Gasteiger partial charge in [0.2, 0.25) is 6.79 Å². The molecule has 2 aliphatic rings. The highest BCUT2D eigenvalue weighted by Crippen LogP contribution is 2.34. The van der Waals surface area contributed by atoms with Crippen LogP contribution >= 0.6 is 0 Å². The lowest BCUT2D eigenvalue weighted by Gasteiger charge is -2.19. The molecule has 1 heterocycles. The molecular weight excluding hydrogens is 332 g/mol. The number of ether oxygens (including phenoxy) is 3. The molecule has 0 aromatic heterocycles. The highest BCUT2D eigenvalue weighted by Gasteiger charge is 2.34. The predicted molar refractivity (Wildman–Crippen MR) is 96.7 cm³/mol. The van der Waals surface area contributed by atoms with Crippen LogP contribution in [0.4, 0.5) is 5.69 Å². The molecule has 0 radical (unpaired) electrons. The topological polar surface area (TPSA) is 61.2 Å². The molecule has 136 valence electrons. The molecule has 6 nitrogen and oxygen atoms in total. The van der Waals surface area contributed by atoms with Crippen LogP contribution in [0.2, 0.25) is 0 Å². The first-order chi connectivity index (χ1) is 12.7. The van der Waals surface area contributed by atoms with Crippen molar-refractivity contribution in [3.63, 3.8) is 0 Å². The number of carbonyl (C=O) groups is 1. The van der Waals surface area contributed by atoms with Crippen LogP contribution in [0.15, 0.2) is 42.5 Å². The smallest absolute Gasteiger partial charge is 0.279 e. The molecule has 6 heteroatoms. The molecule has 1 atom stereocenters. The summed E-state index contributed by atoms with van der Waals surface area (Å²) in [6.45, 7) is 1.52. The fourth-order valence-corrected chi connectivity index (χ4v) is 3.23. The van der Waals surface area contributed by atoms with Gasteiger partial charge in [0, 0.05) is 30.2 Å². The fourth-order valence-electron chi connectivity index (χ4n) is 3.23. The minimum atomic E-state index is 0.0132. The van der Waals surface area contributed by atoms with Gasteiger partial charge in [-0.05, 0) is 36.4 Å². The van der Waals surface area contributed by atoms with Crippen LogP contribution in [-0.2, 0) is 11.3 Å². The number of fused-ring (bicyclic) bond motifs is 1. The molecule has 1 unspecified atom stereocenters. The van der Waals surface area contributed by atoms with Crippen LogP contribution < -0.4 is 24.4 Å². The second-order valence-corrected chi connectivity index (χ2v) is 6.75. The molecular formula is C20H23N2O4+. The molecule has 0 bridgehead atoms. The minimum Gasteiger partial charge on any atom is -0.497 e. The Hall–Kier alpha value is -2.73. The zero-order valence-electron chi connectivity index (χ0n) is 14.8. The van der Waals surface area contributed by atoms with Crippen molar-refractivity contribution in [2.75, 3.05) is 25.8 Å². The number of benzene rings is 2. The Morgan fingerprint density at radius 1 is 1.15 bits per heavy atom. The van der Waals surface area contributed by atoms with Gasteiger partial charge in [0.05, 0.1) is 13.2 Å². The van der Waals surface area contributed by atoms with E-state index in [1.165, 1.54) is 23.3 Å². The number of quaternary nitrogens is 1. The zero-order chi connectivity index (χ0) is 17.9. The molecule has 1 amide bonds. The van der Waals surface area contributed by atoms with E-state index in [1.807, 2.05) is 24.3 Å². The molecule has 26 heavy (non-hydrogen) atoms. The monoisotopic (exact) mass is 355 g/mol. The van der Waals surface area contributed by atoms with E-state index in [0.717, 1.165) is 18.0 Å². The fraction of sp³-hybridized carbons (Fsp3) is 0.350. The highest BCUT2D eigenvalue weighted by molar-refractivity contribution is 5.91. The number of nitrogens with one attached hydrogen (secondary N) is 2. The number of methoxy groups -OCH3 is 1. The van der Waals surface area contributed by atoms with Crippen molar-refractivity contribution >= 4 is 11.6 Å². The van der Waals surface area contributed by atoms with E-state index in [2.05, 4.69) is 17.4 Å². The van der Waals surface area contributed by atoms with E-state index in [1.54, 1.807) is 13.2 Å². The van der Waals surface area contributed by atoms with Gasteiger partial charge in [0.25, 0.3) is 5.91 Å². The third kappa shape index (κ3) is 3.91. The standard InChI is InChI=1S/C20H22N2O4/c1-24-17-7-2-14(3-8-17)11-22(16-5-6-16)12-20(23)21-15-4-9-18-19(10-15)26-13-25-18/h2-4,7-10,16H,5-6,11-13H2,1H3,(H,21,23)/p+1. The third-order valence-corrected chi connectivity index (χ3v) is 4.79. The van der Waals surface area contributed by atoms with E-state index in [4.69, 9.17) is 14.2 Å². The van der Waals surface area contributed by atoms with Crippen molar-refractivity contribution in [1.82, 2.24) is 0 Å². The first kappa shape index (κ1) is 16.7. The van der Waals surface area contributed by atoms with Gasteiger partial charge in [0.15, 0.2) is 18.0 Å². The van der Waals surface area contributed by atoms with E-state index in [9.17, 15) is 4.79 Å². The molecule has 1 fully saturated rings. The molecule has 0 saturated heterocycles. The summed E-state index contributed by atoms with van der Waals surface area (Å²) in [4.78, 5) is 13.8. The minimum absolute atomic E-state index is 0.0132. The summed E-state index contributed by atoms with van der Waals surface area (Å²) in [7, 11) is 1.66. The summed E-state index contributed by atoms with van der Waals surface area (Å²) in [6, 6.07) is 14.1. The second kappa shape index (κ2) is 7.25. The number of rotatable bonds is 7. The van der Waals surface area contributed by atoms with Crippen LogP contribution in [0.1, 0.15) is 18.4 Å². The average Bonchev–Trinajstić information content (AvgIpc) is 3.40. The van der Waals surface area contributed by atoms with Crippen molar-refractivity contribution < 1.29 is 23.9 Å². The molecule has 2 N–H and O–H groups in total. The van der Waals surface area contributed by atoms with E-state index >= 15 is 0 Å². The van der Waals surface area contributed by atoms with Crippen molar-refractivity contribution in [2.45, 2.75) is 25.4 Å². The maximum Gasteiger partial charge on any atom is 0.279 e. The first-order valence-electron chi connectivity index (χ1n) is 8.88. The Morgan fingerprint density at radius 2 is 1.92 bits per heavy atom. The van der Waals surface area contributed by atoms with Crippen molar-refractivity contribution in [3.05, 3.63) is 48.0 Å². The SMILES string of the molecule is COc1ccc(C[NH+](CC(=O)Nc2ccc3c(c2)OCO3)C2CC2)cc1. The van der Waals surface area contributed by atoms with Crippen molar-refractivity contribution in [2.24, 2.45) is 0 Å². The van der Waals surface area contributed by atoms with Gasteiger partial charge in [-0.1, -0.05) is 0 Å².